The van der Waals surface area contributed by atoms with Gasteiger partial charge in [-0.15, -0.1) is 0 Å². The summed E-state index contributed by atoms with van der Waals surface area (Å²) in [6.45, 7) is 2.32. The molecule has 0 saturated carbocycles. The van der Waals surface area contributed by atoms with E-state index in [0.29, 0.717) is 11.7 Å². The van der Waals surface area contributed by atoms with Gasteiger partial charge in [-0.2, -0.15) is 5.10 Å². The monoisotopic (exact) mass is 408 g/mol. The highest BCUT2D eigenvalue weighted by atomic mass is 16.6. The summed E-state index contributed by atoms with van der Waals surface area (Å²) in [5.74, 6) is 1.03. The molecule has 0 spiro atoms. The lowest BCUT2D eigenvalue weighted by molar-refractivity contribution is -0.386. The number of rotatable bonds is 6. The molecule has 156 valence electrons. The molecule has 2 aromatic carbocycles. The molecule has 2 atom stereocenters. The van der Waals surface area contributed by atoms with Crippen molar-refractivity contribution in [2.24, 2.45) is 11.0 Å². The standard InChI is InChI=1S/C22H24N4O4/c1-29-18-12-16(20-21-19(23-24-20)15-7-9-25(21)10-8-15)11-17(26(27)28)22(18)30-13-14-5-3-2-4-6-14/h2-6,11-12,15,20-21,24H,7-10,13H2,1H3. The van der Waals surface area contributed by atoms with Crippen molar-refractivity contribution in [2.75, 3.05) is 20.2 Å². The average molecular weight is 408 g/mol. The van der Waals surface area contributed by atoms with Gasteiger partial charge in [-0.3, -0.25) is 15.0 Å². The first-order valence-electron chi connectivity index (χ1n) is 10.3. The Balaban J connectivity index is 1.47. The van der Waals surface area contributed by atoms with Crippen molar-refractivity contribution in [3.63, 3.8) is 0 Å². The molecule has 0 radical (unpaired) electrons. The van der Waals surface area contributed by atoms with E-state index in [1.807, 2.05) is 36.4 Å². The van der Waals surface area contributed by atoms with Crippen LogP contribution in [0, 0.1) is 16.0 Å². The minimum Gasteiger partial charge on any atom is -0.493 e. The third kappa shape index (κ3) is 3.17. The van der Waals surface area contributed by atoms with E-state index in [1.54, 1.807) is 6.07 Å². The Bertz CT molecular complexity index is 986. The van der Waals surface area contributed by atoms with Crippen LogP contribution in [0.2, 0.25) is 0 Å². The molecule has 4 aliphatic heterocycles. The number of nitrogens with one attached hydrogen (secondary N) is 1. The average Bonchev–Trinajstić information content (AvgIpc) is 3.26. The lowest BCUT2D eigenvalue weighted by atomic mass is 9.78. The van der Waals surface area contributed by atoms with Crippen molar-refractivity contribution < 1.29 is 14.4 Å². The molecule has 0 aliphatic carbocycles. The van der Waals surface area contributed by atoms with Gasteiger partial charge in [0.25, 0.3) is 0 Å². The zero-order chi connectivity index (χ0) is 20.7. The van der Waals surface area contributed by atoms with Crippen molar-refractivity contribution in [3.05, 3.63) is 63.7 Å². The number of benzene rings is 2. The van der Waals surface area contributed by atoms with Crippen LogP contribution in [0.4, 0.5) is 5.69 Å². The highest BCUT2D eigenvalue weighted by molar-refractivity contribution is 5.95. The number of hydrazone groups is 1. The van der Waals surface area contributed by atoms with Crippen molar-refractivity contribution in [2.45, 2.75) is 31.5 Å². The molecule has 2 bridgehead atoms. The van der Waals surface area contributed by atoms with E-state index in [1.165, 1.54) is 12.8 Å². The van der Waals surface area contributed by atoms with Crippen LogP contribution in [0.5, 0.6) is 11.5 Å². The van der Waals surface area contributed by atoms with E-state index in [-0.39, 0.29) is 30.1 Å². The molecule has 8 heteroatoms. The molecule has 3 saturated heterocycles. The number of hydrogen-bond acceptors (Lipinski definition) is 7. The van der Waals surface area contributed by atoms with Crippen LogP contribution in [-0.4, -0.2) is 41.8 Å². The van der Waals surface area contributed by atoms with Gasteiger partial charge in [-0.25, -0.2) is 0 Å². The summed E-state index contributed by atoms with van der Waals surface area (Å²) in [5, 5.41) is 16.5. The minimum atomic E-state index is -0.406. The van der Waals surface area contributed by atoms with Gasteiger partial charge in [0.1, 0.15) is 6.61 Å². The summed E-state index contributed by atoms with van der Waals surface area (Å²) in [6, 6.07) is 13.0. The molecule has 2 unspecified atom stereocenters. The highest BCUT2D eigenvalue weighted by Crippen LogP contribution is 2.44. The molecule has 4 heterocycles. The Hall–Kier alpha value is -3.13. The summed E-state index contributed by atoms with van der Waals surface area (Å²) in [5.41, 5.74) is 6.05. The molecule has 0 aromatic heterocycles. The number of piperidine rings is 3. The maximum atomic E-state index is 11.9. The molecule has 30 heavy (non-hydrogen) atoms. The number of nitro groups is 1. The zero-order valence-corrected chi connectivity index (χ0v) is 16.8. The predicted octanol–water partition coefficient (Wildman–Crippen LogP) is 3.28. The summed E-state index contributed by atoms with van der Waals surface area (Å²) in [6.07, 6.45) is 2.28. The summed E-state index contributed by atoms with van der Waals surface area (Å²) < 4.78 is 11.4. The summed E-state index contributed by atoms with van der Waals surface area (Å²) >= 11 is 0. The number of hydrogen-bond donors (Lipinski definition) is 1. The first-order chi connectivity index (χ1) is 14.7. The minimum absolute atomic E-state index is 0.0912. The second-order valence-corrected chi connectivity index (χ2v) is 8.00. The van der Waals surface area contributed by atoms with E-state index >= 15 is 0 Å². The fourth-order valence-electron chi connectivity index (χ4n) is 4.86. The van der Waals surface area contributed by atoms with Gasteiger partial charge >= 0.3 is 5.69 Å². The van der Waals surface area contributed by atoms with Gasteiger partial charge in [-0.1, -0.05) is 30.3 Å². The zero-order valence-electron chi connectivity index (χ0n) is 16.8. The van der Waals surface area contributed by atoms with Crippen LogP contribution >= 0.6 is 0 Å². The fraction of sp³-hybridized carbons (Fsp3) is 0.409. The van der Waals surface area contributed by atoms with Gasteiger partial charge in [0.2, 0.25) is 5.75 Å². The maximum Gasteiger partial charge on any atom is 0.315 e. The second-order valence-electron chi connectivity index (χ2n) is 8.00. The molecule has 4 aliphatic rings. The van der Waals surface area contributed by atoms with Crippen molar-refractivity contribution in [1.82, 2.24) is 10.3 Å². The van der Waals surface area contributed by atoms with Crippen LogP contribution in [-0.2, 0) is 6.61 Å². The molecule has 3 fully saturated rings. The first kappa shape index (κ1) is 18.9. The van der Waals surface area contributed by atoms with Crippen molar-refractivity contribution >= 4 is 11.4 Å². The Morgan fingerprint density at radius 2 is 2.00 bits per heavy atom. The smallest absolute Gasteiger partial charge is 0.315 e. The van der Waals surface area contributed by atoms with E-state index in [2.05, 4.69) is 15.4 Å². The summed E-state index contributed by atoms with van der Waals surface area (Å²) in [7, 11) is 1.51. The third-order valence-corrected chi connectivity index (χ3v) is 6.35. The Morgan fingerprint density at radius 1 is 1.23 bits per heavy atom. The first-order valence-corrected chi connectivity index (χ1v) is 10.3. The van der Waals surface area contributed by atoms with Gasteiger partial charge in [0.15, 0.2) is 5.75 Å². The predicted molar refractivity (Wildman–Crippen MR) is 112 cm³/mol. The highest BCUT2D eigenvalue weighted by Gasteiger charge is 2.47. The van der Waals surface area contributed by atoms with Gasteiger partial charge in [0, 0.05) is 12.0 Å². The quantitative estimate of drug-likeness (QED) is 0.583. The molecule has 8 nitrogen and oxygen atoms in total. The molecule has 2 aromatic rings. The van der Waals surface area contributed by atoms with Crippen molar-refractivity contribution in [1.29, 1.82) is 0 Å². The molecular formula is C22H24N4O4. The largest absolute Gasteiger partial charge is 0.493 e. The number of nitrogens with zero attached hydrogens (tertiary/aromatic N) is 3. The van der Waals surface area contributed by atoms with E-state index in [4.69, 9.17) is 9.47 Å². The second kappa shape index (κ2) is 7.60. The third-order valence-electron chi connectivity index (χ3n) is 6.35. The van der Waals surface area contributed by atoms with E-state index < -0.39 is 4.92 Å². The van der Waals surface area contributed by atoms with Crippen LogP contribution in [0.15, 0.2) is 47.6 Å². The Morgan fingerprint density at radius 3 is 2.70 bits per heavy atom. The van der Waals surface area contributed by atoms with E-state index in [0.717, 1.165) is 37.1 Å². The maximum absolute atomic E-state index is 11.9. The van der Waals surface area contributed by atoms with Gasteiger partial charge < -0.3 is 14.9 Å². The molecule has 1 N–H and O–H groups in total. The SMILES string of the molecule is COc1cc(C2NN=C3C4CCN(CC4)C32)cc([N+](=O)[O-])c1OCc1ccccc1. The number of nitro benzene ring substituents is 1. The van der Waals surface area contributed by atoms with E-state index in [9.17, 15) is 10.1 Å². The fourth-order valence-corrected chi connectivity index (χ4v) is 4.86. The number of fused-ring (bicyclic) bond motifs is 2. The normalized spacial score (nSPS) is 26.5. The summed E-state index contributed by atoms with van der Waals surface area (Å²) in [4.78, 5) is 13.9. The lowest BCUT2D eigenvalue weighted by Gasteiger charge is -2.45. The molecular weight excluding hydrogens is 384 g/mol. The molecule has 0 amide bonds. The van der Waals surface area contributed by atoms with Crippen LogP contribution < -0.4 is 14.9 Å². The number of methoxy groups -OCH3 is 1. The van der Waals surface area contributed by atoms with Crippen molar-refractivity contribution in [3.8, 4) is 11.5 Å². The van der Waals surface area contributed by atoms with Crippen LogP contribution in [0.3, 0.4) is 0 Å². The van der Waals surface area contributed by atoms with Crippen LogP contribution in [0.1, 0.15) is 30.0 Å². The van der Waals surface area contributed by atoms with Gasteiger partial charge in [0.05, 0.1) is 29.8 Å². The molecule has 6 rings (SSSR count). The van der Waals surface area contributed by atoms with Gasteiger partial charge in [-0.05, 0) is 43.1 Å². The van der Waals surface area contributed by atoms with Crippen LogP contribution in [0.25, 0.3) is 0 Å². The Kier molecular flexibility index (Phi) is 4.78. The Labute approximate surface area is 174 Å². The topological polar surface area (TPSA) is 89.2 Å². The number of ether oxygens (including phenoxy) is 2. The lowest BCUT2D eigenvalue weighted by Crippen LogP contribution is -2.56.